The Morgan fingerprint density at radius 3 is 2.76 bits per heavy atom. The van der Waals surface area contributed by atoms with Crippen LogP contribution >= 0.6 is 0 Å². The standard InChI is InChI=1S/C17H19FN2O4S/c1-25(22,23)20-10-4-5-12(11-20)19-17(21)16-9-8-15(24-16)13-6-2-3-7-14(13)18/h2-3,6-9,12H,4-5,10-11H2,1H3,(H,19,21)/t12-/m1/s1. The summed E-state index contributed by atoms with van der Waals surface area (Å²) in [7, 11) is -3.28. The number of hydrogen-bond acceptors (Lipinski definition) is 4. The van der Waals surface area contributed by atoms with Gasteiger partial charge in [-0.05, 0) is 37.1 Å². The van der Waals surface area contributed by atoms with Crippen molar-refractivity contribution in [2.45, 2.75) is 18.9 Å². The maximum Gasteiger partial charge on any atom is 0.287 e. The van der Waals surface area contributed by atoms with Gasteiger partial charge in [0.15, 0.2) is 5.76 Å². The molecule has 0 saturated carbocycles. The number of nitrogens with one attached hydrogen (secondary N) is 1. The lowest BCUT2D eigenvalue weighted by Gasteiger charge is -2.31. The van der Waals surface area contributed by atoms with E-state index in [-0.39, 0.29) is 29.7 Å². The first kappa shape index (κ1) is 17.6. The van der Waals surface area contributed by atoms with Crippen LogP contribution in [0, 0.1) is 5.82 Å². The molecule has 0 radical (unpaired) electrons. The minimum absolute atomic E-state index is 0.0646. The maximum absolute atomic E-state index is 13.8. The van der Waals surface area contributed by atoms with E-state index < -0.39 is 21.7 Å². The topological polar surface area (TPSA) is 79.6 Å². The molecule has 1 N–H and O–H groups in total. The Balaban J connectivity index is 1.69. The molecule has 25 heavy (non-hydrogen) atoms. The summed E-state index contributed by atoms with van der Waals surface area (Å²) in [5, 5.41) is 2.78. The number of piperidine rings is 1. The fourth-order valence-electron chi connectivity index (χ4n) is 2.88. The molecular formula is C17H19FN2O4S. The van der Waals surface area contributed by atoms with Gasteiger partial charge in [-0.3, -0.25) is 4.79 Å². The van der Waals surface area contributed by atoms with Gasteiger partial charge in [0.25, 0.3) is 5.91 Å². The Morgan fingerprint density at radius 2 is 2.04 bits per heavy atom. The zero-order valence-electron chi connectivity index (χ0n) is 13.7. The molecule has 1 aliphatic heterocycles. The number of rotatable bonds is 4. The molecule has 1 aliphatic rings. The largest absolute Gasteiger partial charge is 0.451 e. The number of benzene rings is 1. The van der Waals surface area contributed by atoms with Crippen molar-refractivity contribution in [3.05, 3.63) is 48.0 Å². The van der Waals surface area contributed by atoms with Crippen molar-refractivity contribution in [3.8, 4) is 11.3 Å². The summed E-state index contributed by atoms with van der Waals surface area (Å²) in [4.78, 5) is 12.3. The Bertz CT molecular complexity index is 878. The number of carbonyl (C=O) groups excluding carboxylic acids is 1. The van der Waals surface area contributed by atoms with Gasteiger partial charge in [-0.15, -0.1) is 0 Å². The fourth-order valence-corrected chi connectivity index (χ4v) is 3.80. The fraction of sp³-hybridized carbons (Fsp3) is 0.353. The smallest absolute Gasteiger partial charge is 0.287 e. The van der Waals surface area contributed by atoms with Crippen LogP contribution < -0.4 is 5.32 Å². The first-order valence-electron chi connectivity index (χ1n) is 7.95. The van der Waals surface area contributed by atoms with Crippen molar-refractivity contribution in [3.63, 3.8) is 0 Å². The zero-order valence-corrected chi connectivity index (χ0v) is 14.6. The van der Waals surface area contributed by atoms with Gasteiger partial charge in [0.05, 0.1) is 11.8 Å². The van der Waals surface area contributed by atoms with Gasteiger partial charge in [0, 0.05) is 19.1 Å². The Kier molecular flexibility index (Phi) is 4.91. The van der Waals surface area contributed by atoms with Gasteiger partial charge < -0.3 is 9.73 Å². The summed E-state index contributed by atoms with van der Waals surface area (Å²) >= 11 is 0. The van der Waals surface area contributed by atoms with Gasteiger partial charge in [-0.2, -0.15) is 0 Å². The molecule has 1 saturated heterocycles. The third-order valence-electron chi connectivity index (χ3n) is 4.16. The normalized spacial score (nSPS) is 18.9. The predicted octanol–water partition coefficient (Wildman–Crippen LogP) is 2.24. The third kappa shape index (κ3) is 4.08. The molecule has 1 aromatic heterocycles. The molecule has 134 valence electrons. The van der Waals surface area contributed by atoms with Gasteiger partial charge in [0.2, 0.25) is 10.0 Å². The van der Waals surface area contributed by atoms with Crippen LogP contribution in [0.1, 0.15) is 23.4 Å². The van der Waals surface area contributed by atoms with Crippen molar-refractivity contribution >= 4 is 15.9 Å². The monoisotopic (exact) mass is 366 g/mol. The molecule has 1 atom stereocenters. The van der Waals surface area contributed by atoms with Crippen LogP contribution in [-0.4, -0.2) is 44.0 Å². The van der Waals surface area contributed by atoms with Gasteiger partial charge in [-0.1, -0.05) is 12.1 Å². The average Bonchev–Trinajstić information content (AvgIpc) is 3.04. The number of sulfonamides is 1. The molecule has 6 nitrogen and oxygen atoms in total. The molecule has 1 fully saturated rings. The van der Waals surface area contributed by atoms with Crippen LogP contribution in [0.2, 0.25) is 0 Å². The van der Waals surface area contributed by atoms with E-state index >= 15 is 0 Å². The van der Waals surface area contributed by atoms with Gasteiger partial charge in [-0.25, -0.2) is 17.1 Å². The van der Waals surface area contributed by atoms with Crippen LogP contribution in [0.5, 0.6) is 0 Å². The number of halogens is 1. The van der Waals surface area contributed by atoms with Crippen LogP contribution in [-0.2, 0) is 10.0 Å². The maximum atomic E-state index is 13.8. The van der Waals surface area contributed by atoms with Crippen LogP contribution in [0.15, 0.2) is 40.8 Å². The Hall–Kier alpha value is -2.19. The summed E-state index contributed by atoms with van der Waals surface area (Å²) < 4.78 is 43.9. The number of furan rings is 1. The van der Waals surface area contributed by atoms with Crippen molar-refractivity contribution in [1.29, 1.82) is 0 Å². The summed E-state index contributed by atoms with van der Waals surface area (Å²) in [6.45, 7) is 0.703. The minimum atomic E-state index is -3.28. The molecule has 0 bridgehead atoms. The van der Waals surface area contributed by atoms with E-state index in [1.165, 1.54) is 22.5 Å². The van der Waals surface area contributed by atoms with E-state index in [0.29, 0.717) is 19.4 Å². The van der Waals surface area contributed by atoms with Crippen molar-refractivity contribution in [2.75, 3.05) is 19.3 Å². The number of hydrogen-bond donors (Lipinski definition) is 1. The van der Waals surface area contributed by atoms with E-state index in [0.717, 1.165) is 6.26 Å². The highest BCUT2D eigenvalue weighted by Crippen LogP contribution is 2.25. The lowest BCUT2D eigenvalue weighted by molar-refractivity contribution is 0.0894. The molecule has 1 amide bonds. The Morgan fingerprint density at radius 1 is 1.28 bits per heavy atom. The predicted molar refractivity (Wildman–Crippen MR) is 91.0 cm³/mol. The number of carbonyl (C=O) groups is 1. The molecule has 0 aliphatic carbocycles. The average molecular weight is 366 g/mol. The summed E-state index contributed by atoms with van der Waals surface area (Å²) in [6.07, 6.45) is 2.53. The van der Waals surface area contributed by atoms with Crippen LogP contribution in [0.4, 0.5) is 4.39 Å². The van der Waals surface area contributed by atoms with Crippen molar-refractivity contribution < 1.29 is 22.0 Å². The van der Waals surface area contributed by atoms with E-state index in [9.17, 15) is 17.6 Å². The highest BCUT2D eigenvalue weighted by molar-refractivity contribution is 7.88. The molecule has 8 heteroatoms. The first-order chi connectivity index (χ1) is 11.8. The number of nitrogens with zero attached hydrogens (tertiary/aromatic N) is 1. The third-order valence-corrected chi connectivity index (χ3v) is 5.43. The molecule has 2 heterocycles. The highest BCUT2D eigenvalue weighted by atomic mass is 32.2. The summed E-state index contributed by atoms with van der Waals surface area (Å²) in [5.74, 6) is -0.540. The second-order valence-corrected chi connectivity index (χ2v) is 8.06. The summed E-state index contributed by atoms with van der Waals surface area (Å²) in [5.41, 5.74) is 0.280. The molecule has 2 aromatic rings. The van der Waals surface area contributed by atoms with E-state index in [1.807, 2.05) is 0 Å². The van der Waals surface area contributed by atoms with Crippen LogP contribution in [0.3, 0.4) is 0 Å². The molecule has 0 spiro atoms. The minimum Gasteiger partial charge on any atom is -0.451 e. The number of amides is 1. The molecule has 0 unspecified atom stereocenters. The molecule has 1 aromatic carbocycles. The Labute approximate surface area is 145 Å². The van der Waals surface area contributed by atoms with E-state index in [4.69, 9.17) is 4.42 Å². The lowest BCUT2D eigenvalue weighted by Crippen LogP contribution is -2.49. The van der Waals surface area contributed by atoms with Crippen LogP contribution in [0.25, 0.3) is 11.3 Å². The summed E-state index contributed by atoms with van der Waals surface area (Å²) in [6, 6.07) is 8.89. The quantitative estimate of drug-likeness (QED) is 0.900. The zero-order chi connectivity index (χ0) is 18.0. The highest BCUT2D eigenvalue weighted by Gasteiger charge is 2.27. The van der Waals surface area contributed by atoms with Gasteiger partial charge in [0.1, 0.15) is 11.6 Å². The van der Waals surface area contributed by atoms with Gasteiger partial charge >= 0.3 is 0 Å². The first-order valence-corrected chi connectivity index (χ1v) is 9.80. The van der Waals surface area contributed by atoms with Crippen molar-refractivity contribution in [2.24, 2.45) is 0 Å². The lowest BCUT2D eigenvalue weighted by atomic mass is 10.1. The SMILES string of the molecule is CS(=O)(=O)N1CCC[C@@H](NC(=O)c2ccc(-c3ccccc3F)o2)C1. The second-order valence-electron chi connectivity index (χ2n) is 6.08. The molecular weight excluding hydrogens is 347 g/mol. The van der Waals surface area contributed by atoms with Crippen molar-refractivity contribution in [1.82, 2.24) is 9.62 Å². The van der Waals surface area contributed by atoms with E-state index in [2.05, 4.69) is 5.32 Å². The van der Waals surface area contributed by atoms with E-state index in [1.54, 1.807) is 18.2 Å². The second kappa shape index (κ2) is 6.97. The molecule has 3 rings (SSSR count).